The molecule has 4 saturated carbocycles. The maximum atomic E-state index is 11.7. The molecule has 2 aliphatic heterocycles. The van der Waals surface area contributed by atoms with E-state index in [2.05, 4.69) is 0 Å². The Morgan fingerprint density at radius 3 is 2.17 bits per heavy atom. The van der Waals surface area contributed by atoms with E-state index in [0.717, 1.165) is 11.8 Å². The number of halogens is 1. The van der Waals surface area contributed by atoms with Crippen molar-refractivity contribution in [1.29, 1.82) is 0 Å². The van der Waals surface area contributed by atoms with Crippen molar-refractivity contribution < 1.29 is 19.3 Å². The van der Waals surface area contributed by atoms with E-state index in [1.807, 2.05) is 0 Å². The Morgan fingerprint density at radius 1 is 1.00 bits per heavy atom. The average Bonchev–Trinajstić information content (AvgIpc) is 2.92. The van der Waals surface area contributed by atoms with Gasteiger partial charge in [-0.1, -0.05) is 0 Å². The van der Waals surface area contributed by atoms with Crippen LogP contribution in [0.25, 0.3) is 0 Å². The molecule has 0 unspecified atom stereocenters. The number of amides is 1. The average molecular weight is 342 g/mol. The second-order valence-corrected chi connectivity index (χ2v) is 8.49. The van der Waals surface area contributed by atoms with Crippen LogP contribution in [0.3, 0.4) is 0 Å². The standard InChI is InChI=1S/C17H24ClNO4/c18-10-15(20)19-3-1-16(2-4-19)21-17(23-22-16)13-6-11-5-12(8-13)9-14(17)7-11/h11-14H,1-10H2. The summed E-state index contributed by atoms with van der Waals surface area (Å²) in [6, 6.07) is 0. The van der Waals surface area contributed by atoms with Crippen LogP contribution in [0.5, 0.6) is 0 Å². The van der Waals surface area contributed by atoms with Gasteiger partial charge in [0.15, 0.2) is 0 Å². The number of piperidine rings is 1. The molecular weight excluding hydrogens is 318 g/mol. The molecule has 0 atom stereocenters. The van der Waals surface area contributed by atoms with Gasteiger partial charge < -0.3 is 9.64 Å². The van der Waals surface area contributed by atoms with Crippen molar-refractivity contribution in [3.05, 3.63) is 0 Å². The Hall–Kier alpha value is -0.360. The second-order valence-electron chi connectivity index (χ2n) is 8.22. The summed E-state index contributed by atoms with van der Waals surface area (Å²) >= 11 is 5.66. The molecular formula is C17H24ClNO4. The molecule has 0 radical (unpaired) electrons. The van der Waals surface area contributed by atoms with Crippen LogP contribution in [0, 0.1) is 23.7 Å². The highest BCUT2D eigenvalue weighted by Crippen LogP contribution is 2.63. The molecule has 2 spiro atoms. The number of likely N-dealkylation sites (tertiary alicyclic amines) is 1. The van der Waals surface area contributed by atoms with Crippen molar-refractivity contribution in [1.82, 2.24) is 4.90 Å². The van der Waals surface area contributed by atoms with E-state index in [0.29, 0.717) is 37.8 Å². The molecule has 6 rings (SSSR count). The van der Waals surface area contributed by atoms with Gasteiger partial charge in [-0.2, -0.15) is 9.78 Å². The fraction of sp³-hybridized carbons (Fsp3) is 0.941. The summed E-state index contributed by atoms with van der Waals surface area (Å²) in [6.45, 7) is 1.26. The van der Waals surface area contributed by atoms with E-state index < -0.39 is 11.6 Å². The quantitative estimate of drug-likeness (QED) is 0.543. The Bertz CT molecular complexity index is 489. The molecule has 6 fully saturated rings. The monoisotopic (exact) mass is 341 g/mol. The van der Waals surface area contributed by atoms with Gasteiger partial charge in [0.2, 0.25) is 17.5 Å². The van der Waals surface area contributed by atoms with Gasteiger partial charge in [0.05, 0.1) is 0 Å². The van der Waals surface area contributed by atoms with E-state index in [9.17, 15) is 4.79 Å². The van der Waals surface area contributed by atoms with Gasteiger partial charge in [-0.25, -0.2) is 0 Å². The summed E-state index contributed by atoms with van der Waals surface area (Å²) < 4.78 is 6.60. The Kier molecular flexibility index (Phi) is 3.29. The lowest BCUT2D eigenvalue weighted by Gasteiger charge is -2.57. The first-order valence-corrected chi connectivity index (χ1v) is 9.57. The van der Waals surface area contributed by atoms with Crippen LogP contribution in [0.1, 0.15) is 44.9 Å². The largest absolute Gasteiger partial charge is 0.341 e. The molecule has 128 valence electrons. The van der Waals surface area contributed by atoms with Gasteiger partial charge >= 0.3 is 0 Å². The highest BCUT2D eigenvalue weighted by Gasteiger charge is 2.66. The second kappa shape index (κ2) is 5.07. The normalized spacial score (nSPS) is 46.9. The highest BCUT2D eigenvalue weighted by atomic mass is 35.5. The van der Waals surface area contributed by atoms with Gasteiger partial charge in [0.25, 0.3) is 0 Å². The molecule has 2 saturated heterocycles. The Balaban J connectivity index is 1.33. The summed E-state index contributed by atoms with van der Waals surface area (Å²) in [5, 5.41) is 0. The third kappa shape index (κ3) is 2.13. The van der Waals surface area contributed by atoms with E-state index in [4.69, 9.17) is 26.1 Å². The number of carbonyl (C=O) groups is 1. The van der Waals surface area contributed by atoms with Gasteiger partial charge in [-0.15, -0.1) is 11.6 Å². The molecule has 6 heteroatoms. The van der Waals surface area contributed by atoms with E-state index in [1.165, 1.54) is 32.1 Å². The Morgan fingerprint density at radius 2 is 1.61 bits per heavy atom. The van der Waals surface area contributed by atoms with Crippen LogP contribution in [0.2, 0.25) is 0 Å². The molecule has 2 heterocycles. The zero-order chi connectivity index (χ0) is 15.7. The van der Waals surface area contributed by atoms with Crippen LogP contribution in [-0.2, 0) is 19.3 Å². The molecule has 0 aromatic heterocycles. The maximum Gasteiger partial charge on any atom is 0.237 e. The predicted octanol–water partition coefficient (Wildman–Crippen LogP) is 2.67. The number of alkyl halides is 1. The van der Waals surface area contributed by atoms with Crippen LogP contribution in [0.4, 0.5) is 0 Å². The zero-order valence-electron chi connectivity index (χ0n) is 13.3. The zero-order valence-corrected chi connectivity index (χ0v) is 14.1. The third-order valence-electron chi connectivity index (χ3n) is 6.94. The molecule has 1 amide bonds. The fourth-order valence-electron chi connectivity index (χ4n) is 5.98. The molecule has 0 aromatic carbocycles. The van der Waals surface area contributed by atoms with Crippen LogP contribution in [-0.4, -0.2) is 41.4 Å². The first kappa shape index (κ1) is 14.9. The van der Waals surface area contributed by atoms with Gasteiger partial charge in [0, 0.05) is 37.8 Å². The van der Waals surface area contributed by atoms with Crippen molar-refractivity contribution in [2.75, 3.05) is 19.0 Å². The Labute approximate surface area is 141 Å². The number of rotatable bonds is 1. The van der Waals surface area contributed by atoms with Gasteiger partial charge in [-0.3, -0.25) is 4.79 Å². The van der Waals surface area contributed by atoms with Gasteiger partial charge in [0.1, 0.15) is 5.88 Å². The van der Waals surface area contributed by atoms with Crippen molar-refractivity contribution in [2.24, 2.45) is 23.7 Å². The summed E-state index contributed by atoms with van der Waals surface area (Å²) in [5.74, 6) is 1.59. The first-order chi connectivity index (χ1) is 11.1. The van der Waals surface area contributed by atoms with Crippen molar-refractivity contribution in [3.63, 3.8) is 0 Å². The maximum absolute atomic E-state index is 11.7. The smallest absolute Gasteiger partial charge is 0.237 e. The predicted molar refractivity (Wildman–Crippen MR) is 82.3 cm³/mol. The number of hydrogen-bond donors (Lipinski definition) is 0. The van der Waals surface area contributed by atoms with Crippen molar-refractivity contribution in [2.45, 2.75) is 56.5 Å². The van der Waals surface area contributed by atoms with Crippen LogP contribution < -0.4 is 0 Å². The molecule has 0 aromatic rings. The minimum Gasteiger partial charge on any atom is -0.341 e. The topological polar surface area (TPSA) is 48.0 Å². The summed E-state index contributed by atoms with van der Waals surface area (Å²) in [7, 11) is 0. The first-order valence-electron chi connectivity index (χ1n) is 9.03. The summed E-state index contributed by atoms with van der Waals surface area (Å²) in [5.41, 5.74) is 0. The van der Waals surface area contributed by atoms with Crippen molar-refractivity contribution >= 4 is 17.5 Å². The molecule has 6 aliphatic rings. The minimum atomic E-state index is -0.654. The number of ether oxygens (including phenoxy) is 1. The third-order valence-corrected chi connectivity index (χ3v) is 7.17. The van der Waals surface area contributed by atoms with Crippen LogP contribution >= 0.6 is 11.6 Å². The number of nitrogens with zero attached hydrogens (tertiary/aromatic N) is 1. The molecule has 23 heavy (non-hydrogen) atoms. The summed E-state index contributed by atoms with van der Waals surface area (Å²) in [6.07, 6.45) is 7.65. The number of carbonyl (C=O) groups excluding carboxylic acids is 1. The molecule has 4 aliphatic carbocycles. The summed E-state index contributed by atoms with van der Waals surface area (Å²) in [4.78, 5) is 25.4. The highest BCUT2D eigenvalue weighted by molar-refractivity contribution is 6.27. The lowest BCUT2D eigenvalue weighted by Crippen LogP contribution is -2.59. The molecule has 5 nitrogen and oxygen atoms in total. The van der Waals surface area contributed by atoms with Crippen LogP contribution in [0.15, 0.2) is 0 Å². The van der Waals surface area contributed by atoms with E-state index >= 15 is 0 Å². The molecule has 4 bridgehead atoms. The SMILES string of the molecule is O=C(CCl)N1CCC2(CC1)OOC1(O2)C2CC3CC(C2)CC1C3. The lowest BCUT2D eigenvalue weighted by molar-refractivity contribution is -0.390. The lowest BCUT2D eigenvalue weighted by atomic mass is 9.53. The number of hydrogen-bond acceptors (Lipinski definition) is 4. The fourth-order valence-corrected chi connectivity index (χ4v) is 6.15. The van der Waals surface area contributed by atoms with Crippen molar-refractivity contribution in [3.8, 4) is 0 Å². The molecule has 0 N–H and O–H groups in total. The minimum absolute atomic E-state index is 0.00947. The van der Waals surface area contributed by atoms with E-state index in [-0.39, 0.29) is 11.8 Å². The van der Waals surface area contributed by atoms with Gasteiger partial charge in [-0.05, 0) is 43.9 Å². The van der Waals surface area contributed by atoms with E-state index in [1.54, 1.807) is 4.90 Å².